The molecule has 3 rings (SSSR count). The maximum Gasteiger partial charge on any atom is 0.146 e. The Morgan fingerprint density at radius 2 is 2.05 bits per heavy atom. The summed E-state index contributed by atoms with van der Waals surface area (Å²) in [6.45, 7) is 2.91. The molecule has 0 spiro atoms. The van der Waals surface area contributed by atoms with E-state index < -0.39 is 0 Å². The third-order valence-corrected chi connectivity index (χ3v) is 4.79. The molecule has 1 aromatic rings. The minimum atomic E-state index is -0.118. The summed E-state index contributed by atoms with van der Waals surface area (Å²) in [7, 11) is 0. The third kappa shape index (κ3) is 2.25. The maximum absolute atomic E-state index is 14.4. The number of hydrogen-bond acceptors (Lipinski definition) is 2. The lowest BCUT2D eigenvalue weighted by atomic mass is 9.90. The van der Waals surface area contributed by atoms with Crippen LogP contribution in [0.25, 0.3) is 0 Å². The standard InChI is InChI=1S/C16H23FN2/c1-11(18)13-7-3-8-14(17)16(13)19-10-4-6-12-5-2-9-15(12)19/h3,7-8,11-12,15H,2,4-6,9-10,18H2,1H3. The Morgan fingerprint density at radius 1 is 1.26 bits per heavy atom. The van der Waals surface area contributed by atoms with E-state index in [2.05, 4.69) is 4.90 Å². The van der Waals surface area contributed by atoms with Crippen LogP contribution in [-0.4, -0.2) is 12.6 Å². The average molecular weight is 262 g/mol. The average Bonchev–Trinajstić information content (AvgIpc) is 2.86. The predicted octanol–water partition coefficient (Wildman–Crippen LogP) is 3.61. The van der Waals surface area contributed by atoms with Crippen molar-refractivity contribution in [1.29, 1.82) is 0 Å². The van der Waals surface area contributed by atoms with Crippen LogP contribution in [0.15, 0.2) is 18.2 Å². The highest BCUT2D eigenvalue weighted by atomic mass is 19.1. The minimum Gasteiger partial charge on any atom is -0.366 e. The molecule has 1 aliphatic carbocycles. The van der Waals surface area contributed by atoms with Crippen LogP contribution in [0.5, 0.6) is 0 Å². The molecule has 3 atom stereocenters. The van der Waals surface area contributed by atoms with Gasteiger partial charge in [-0.1, -0.05) is 18.6 Å². The lowest BCUT2D eigenvalue weighted by molar-refractivity contribution is 0.358. The first kappa shape index (κ1) is 12.9. The van der Waals surface area contributed by atoms with Crippen molar-refractivity contribution in [3.8, 4) is 0 Å². The van der Waals surface area contributed by atoms with Crippen LogP contribution in [-0.2, 0) is 0 Å². The van der Waals surface area contributed by atoms with Gasteiger partial charge in [0.1, 0.15) is 5.82 Å². The summed E-state index contributed by atoms with van der Waals surface area (Å²) in [5.74, 6) is 0.650. The van der Waals surface area contributed by atoms with Gasteiger partial charge in [-0.15, -0.1) is 0 Å². The Morgan fingerprint density at radius 3 is 2.84 bits per heavy atom. The van der Waals surface area contributed by atoms with Gasteiger partial charge in [-0.05, 0) is 50.2 Å². The smallest absolute Gasteiger partial charge is 0.146 e. The van der Waals surface area contributed by atoms with Crippen LogP contribution in [0.4, 0.5) is 10.1 Å². The molecular formula is C16H23FN2. The van der Waals surface area contributed by atoms with Crippen molar-refractivity contribution < 1.29 is 4.39 Å². The van der Waals surface area contributed by atoms with Gasteiger partial charge in [-0.25, -0.2) is 4.39 Å². The Labute approximate surface area is 114 Å². The zero-order valence-corrected chi connectivity index (χ0v) is 11.6. The molecule has 0 aromatic heterocycles. The van der Waals surface area contributed by atoms with Crippen molar-refractivity contribution in [2.24, 2.45) is 11.7 Å². The number of anilines is 1. The number of benzene rings is 1. The minimum absolute atomic E-state index is 0.109. The molecule has 104 valence electrons. The summed E-state index contributed by atoms with van der Waals surface area (Å²) in [6, 6.07) is 5.73. The van der Waals surface area contributed by atoms with E-state index in [1.807, 2.05) is 13.0 Å². The van der Waals surface area contributed by atoms with Gasteiger partial charge in [-0.2, -0.15) is 0 Å². The molecule has 2 fully saturated rings. The van der Waals surface area contributed by atoms with Crippen molar-refractivity contribution >= 4 is 5.69 Å². The highest BCUT2D eigenvalue weighted by molar-refractivity contribution is 5.57. The fraction of sp³-hybridized carbons (Fsp3) is 0.625. The van der Waals surface area contributed by atoms with Gasteiger partial charge >= 0.3 is 0 Å². The largest absolute Gasteiger partial charge is 0.366 e. The Hall–Kier alpha value is -1.09. The van der Waals surface area contributed by atoms with E-state index in [9.17, 15) is 4.39 Å². The van der Waals surface area contributed by atoms with Gasteiger partial charge in [0.25, 0.3) is 0 Å². The van der Waals surface area contributed by atoms with Gasteiger partial charge < -0.3 is 10.6 Å². The van der Waals surface area contributed by atoms with E-state index in [4.69, 9.17) is 5.73 Å². The molecule has 1 saturated heterocycles. The molecule has 2 nitrogen and oxygen atoms in total. The van der Waals surface area contributed by atoms with Gasteiger partial charge in [0, 0.05) is 18.6 Å². The Bertz CT molecular complexity index is 458. The molecule has 2 N–H and O–H groups in total. The van der Waals surface area contributed by atoms with Crippen molar-refractivity contribution in [2.75, 3.05) is 11.4 Å². The molecule has 0 bridgehead atoms. The molecule has 1 aromatic carbocycles. The Balaban J connectivity index is 2.00. The molecule has 1 heterocycles. The van der Waals surface area contributed by atoms with E-state index in [1.165, 1.54) is 32.1 Å². The first-order chi connectivity index (χ1) is 9.18. The number of fused-ring (bicyclic) bond motifs is 1. The molecule has 3 heteroatoms. The van der Waals surface area contributed by atoms with Crippen LogP contribution < -0.4 is 10.6 Å². The highest BCUT2D eigenvalue weighted by Crippen LogP contribution is 2.41. The second-order valence-corrected chi connectivity index (χ2v) is 6.06. The van der Waals surface area contributed by atoms with E-state index in [0.29, 0.717) is 6.04 Å². The number of halogens is 1. The van der Waals surface area contributed by atoms with Gasteiger partial charge in [0.2, 0.25) is 0 Å². The van der Waals surface area contributed by atoms with Crippen molar-refractivity contribution in [3.05, 3.63) is 29.6 Å². The lowest BCUT2D eigenvalue weighted by Crippen LogP contribution is -2.43. The number of rotatable bonds is 2. The van der Waals surface area contributed by atoms with Crippen molar-refractivity contribution in [3.63, 3.8) is 0 Å². The van der Waals surface area contributed by atoms with E-state index >= 15 is 0 Å². The molecule has 2 aliphatic rings. The maximum atomic E-state index is 14.4. The molecule has 0 amide bonds. The van der Waals surface area contributed by atoms with Crippen LogP contribution in [0.1, 0.15) is 50.6 Å². The summed E-state index contributed by atoms with van der Waals surface area (Å²) >= 11 is 0. The second kappa shape index (κ2) is 5.12. The van der Waals surface area contributed by atoms with Gasteiger partial charge in [-0.3, -0.25) is 0 Å². The van der Waals surface area contributed by atoms with E-state index in [1.54, 1.807) is 12.1 Å². The van der Waals surface area contributed by atoms with E-state index in [0.717, 1.165) is 23.7 Å². The zero-order valence-electron chi connectivity index (χ0n) is 11.6. The van der Waals surface area contributed by atoms with Crippen LogP contribution in [0.2, 0.25) is 0 Å². The number of nitrogens with zero attached hydrogens (tertiary/aromatic N) is 1. The zero-order chi connectivity index (χ0) is 13.4. The van der Waals surface area contributed by atoms with Gasteiger partial charge in [0.15, 0.2) is 0 Å². The number of hydrogen-bond donors (Lipinski definition) is 1. The normalized spacial score (nSPS) is 28.3. The number of nitrogens with two attached hydrogens (primary N) is 1. The summed E-state index contributed by atoms with van der Waals surface area (Å²) < 4.78 is 14.4. The first-order valence-corrected chi connectivity index (χ1v) is 7.49. The van der Waals surface area contributed by atoms with Crippen LogP contribution >= 0.6 is 0 Å². The Kier molecular flexibility index (Phi) is 3.48. The molecule has 3 unspecified atom stereocenters. The summed E-state index contributed by atoms with van der Waals surface area (Å²) in [4.78, 5) is 2.31. The number of para-hydroxylation sites is 1. The number of piperidine rings is 1. The lowest BCUT2D eigenvalue weighted by Gasteiger charge is -2.41. The molecular weight excluding hydrogens is 239 g/mol. The van der Waals surface area contributed by atoms with Crippen LogP contribution in [0.3, 0.4) is 0 Å². The SMILES string of the molecule is CC(N)c1cccc(F)c1N1CCCC2CCCC21. The van der Waals surface area contributed by atoms with Crippen LogP contribution in [0, 0.1) is 11.7 Å². The first-order valence-electron chi connectivity index (χ1n) is 7.49. The van der Waals surface area contributed by atoms with Crippen molar-refractivity contribution in [1.82, 2.24) is 0 Å². The summed E-state index contributed by atoms with van der Waals surface area (Å²) in [5.41, 5.74) is 7.76. The fourth-order valence-electron chi connectivity index (χ4n) is 3.93. The quantitative estimate of drug-likeness (QED) is 0.882. The molecule has 19 heavy (non-hydrogen) atoms. The third-order valence-electron chi connectivity index (χ3n) is 4.79. The topological polar surface area (TPSA) is 29.3 Å². The van der Waals surface area contributed by atoms with Gasteiger partial charge in [0.05, 0.1) is 5.69 Å². The summed E-state index contributed by atoms with van der Waals surface area (Å²) in [6.07, 6.45) is 6.28. The molecule has 1 aliphatic heterocycles. The van der Waals surface area contributed by atoms with E-state index in [-0.39, 0.29) is 11.9 Å². The second-order valence-electron chi connectivity index (χ2n) is 6.06. The molecule has 0 radical (unpaired) electrons. The summed E-state index contributed by atoms with van der Waals surface area (Å²) in [5, 5.41) is 0. The van der Waals surface area contributed by atoms with Crippen molar-refractivity contribution in [2.45, 2.75) is 51.1 Å². The highest BCUT2D eigenvalue weighted by Gasteiger charge is 2.36. The fourth-order valence-corrected chi connectivity index (χ4v) is 3.93. The monoisotopic (exact) mass is 262 g/mol. The predicted molar refractivity (Wildman–Crippen MR) is 76.7 cm³/mol. The molecule has 1 saturated carbocycles.